The molecule has 2 rings (SSSR count). The summed E-state index contributed by atoms with van der Waals surface area (Å²) >= 11 is 2.16. The van der Waals surface area contributed by atoms with Crippen molar-refractivity contribution in [3.8, 4) is 0 Å². The van der Waals surface area contributed by atoms with E-state index in [0.717, 1.165) is 9.26 Å². The summed E-state index contributed by atoms with van der Waals surface area (Å²) in [6.45, 7) is 1.80. The van der Waals surface area contributed by atoms with Crippen LogP contribution >= 0.6 is 22.6 Å². The van der Waals surface area contributed by atoms with Gasteiger partial charge in [0.15, 0.2) is 0 Å². The van der Waals surface area contributed by atoms with E-state index in [1.807, 2.05) is 6.20 Å². The van der Waals surface area contributed by atoms with Gasteiger partial charge in [-0.1, -0.05) is 0 Å². The van der Waals surface area contributed by atoms with Crippen molar-refractivity contribution in [3.63, 3.8) is 0 Å². The molecule has 1 unspecified atom stereocenters. The summed E-state index contributed by atoms with van der Waals surface area (Å²) in [6, 6.07) is 6.68. The number of anilines is 2. The fourth-order valence-corrected chi connectivity index (χ4v) is 1.87. The molecule has 1 atom stereocenters. The third-order valence-electron chi connectivity index (χ3n) is 2.52. The van der Waals surface area contributed by atoms with Gasteiger partial charge in [0, 0.05) is 17.6 Å². The molecule has 1 amide bonds. The van der Waals surface area contributed by atoms with Crippen LogP contribution in [0.15, 0.2) is 36.7 Å². The van der Waals surface area contributed by atoms with E-state index < -0.39 is 0 Å². The summed E-state index contributed by atoms with van der Waals surface area (Å²) in [5.74, 6) is -0.112. The van der Waals surface area contributed by atoms with Gasteiger partial charge in [0.1, 0.15) is 6.04 Å². The second-order valence-corrected chi connectivity index (χ2v) is 5.17. The maximum atomic E-state index is 12.0. The molecule has 0 aliphatic heterocycles. The number of hydrogen-bond donors (Lipinski definition) is 2. The Morgan fingerprint density at radius 3 is 2.67 bits per heavy atom. The number of rotatable bonds is 3. The van der Waals surface area contributed by atoms with Gasteiger partial charge in [0.05, 0.1) is 9.77 Å². The summed E-state index contributed by atoms with van der Waals surface area (Å²) in [5.41, 5.74) is 6.98. The topological polar surface area (TPSA) is 72.9 Å². The number of nitrogens with two attached hydrogens (primary N) is 1. The van der Waals surface area contributed by atoms with Gasteiger partial charge in [0.2, 0.25) is 5.91 Å². The smallest absolute Gasteiger partial charge is 0.248 e. The first kappa shape index (κ1) is 12.9. The van der Waals surface area contributed by atoms with Crippen LogP contribution in [-0.2, 0) is 4.79 Å². The highest BCUT2D eigenvalue weighted by atomic mass is 127. The SMILES string of the molecule is CC(C(=O)Nc1ccc(N)cc1)n1cc(I)cn1. The number of nitrogens with zero attached hydrogens (tertiary/aromatic N) is 2. The van der Waals surface area contributed by atoms with E-state index in [1.165, 1.54) is 0 Å². The molecule has 2 aromatic rings. The van der Waals surface area contributed by atoms with Crippen molar-refractivity contribution in [1.82, 2.24) is 9.78 Å². The van der Waals surface area contributed by atoms with Crippen LogP contribution in [0.5, 0.6) is 0 Å². The molecule has 18 heavy (non-hydrogen) atoms. The lowest BCUT2D eigenvalue weighted by Crippen LogP contribution is -2.23. The predicted octanol–water partition coefficient (Wildman–Crippen LogP) is 2.27. The Morgan fingerprint density at radius 2 is 2.11 bits per heavy atom. The van der Waals surface area contributed by atoms with Gasteiger partial charge < -0.3 is 11.1 Å². The largest absolute Gasteiger partial charge is 0.399 e. The molecule has 5 nitrogen and oxygen atoms in total. The summed E-state index contributed by atoms with van der Waals surface area (Å²) in [6.07, 6.45) is 3.54. The van der Waals surface area contributed by atoms with Crippen LogP contribution < -0.4 is 11.1 Å². The summed E-state index contributed by atoms with van der Waals surface area (Å²) < 4.78 is 2.63. The molecule has 0 bridgehead atoms. The van der Waals surface area contributed by atoms with E-state index in [4.69, 9.17) is 5.73 Å². The van der Waals surface area contributed by atoms with Crippen molar-refractivity contribution in [2.75, 3.05) is 11.1 Å². The molecule has 0 fully saturated rings. The molecule has 0 saturated carbocycles. The van der Waals surface area contributed by atoms with Crippen molar-refractivity contribution >= 4 is 39.9 Å². The van der Waals surface area contributed by atoms with Gasteiger partial charge in [-0.3, -0.25) is 9.48 Å². The first-order chi connectivity index (χ1) is 8.56. The minimum Gasteiger partial charge on any atom is -0.399 e. The molecule has 94 valence electrons. The number of benzene rings is 1. The van der Waals surface area contributed by atoms with Crippen LogP contribution in [0.3, 0.4) is 0 Å². The highest BCUT2D eigenvalue weighted by Gasteiger charge is 2.15. The minimum absolute atomic E-state index is 0.112. The Balaban J connectivity index is 2.05. The number of carbonyl (C=O) groups excluding carboxylic acids is 1. The molecular weight excluding hydrogens is 343 g/mol. The van der Waals surface area contributed by atoms with Gasteiger partial charge in [-0.15, -0.1) is 0 Å². The molecule has 0 spiro atoms. The van der Waals surface area contributed by atoms with Gasteiger partial charge in [0.25, 0.3) is 0 Å². The van der Waals surface area contributed by atoms with Crippen LogP contribution in [0.4, 0.5) is 11.4 Å². The first-order valence-electron chi connectivity index (χ1n) is 5.42. The van der Waals surface area contributed by atoms with Crippen molar-refractivity contribution in [3.05, 3.63) is 40.2 Å². The molecule has 1 heterocycles. The van der Waals surface area contributed by atoms with E-state index in [1.54, 1.807) is 42.1 Å². The van der Waals surface area contributed by atoms with Crippen LogP contribution in [0.25, 0.3) is 0 Å². The zero-order valence-corrected chi connectivity index (χ0v) is 12.0. The number of aromatic nitrogens is 2. The number of nitrogens with one attached hydrogen (secondary N) is 1. The number of carbonyl (C=O) groups is 1. The second kappa shape index (κ2) is 5.38. The summed E-state index contributed by atoms with van der Waals surface area (Å²) in [4.78, 5) is 12.0. The van der Waals surface area contributed by atoms with Crippen molar-refractivity contribution < 1.29 is 4.79 Å². The highest BCUT2D eigenvalue weighted by molar-refractivity contribution is 14.1. The normalized spacial score (nSPS) is 12.1. The van der Waals surface area contributed by atoms with Crippen LogP contribution in [0, 0.1) is 3.57 Å². The standard InChI is InChI=1S/C12H13IN4O/c1-8(17-7-9(13)6-15-17)12(18)16-11-4-2-10(14)3-5-11/h2-8H,14H2,1H3,(H,16,18). The van der Waals surface area contributed by atoms with Crippen molar-refractivity contribution in [1.29, 1.82) is 0 Å². The average Bonchev–Trinajstić information content (AvgIpc) is 2.78. The number of nitrogen functional groups attached to an aromatic ring is 1. The Labute approximate surface area is 119 Å². The Hall–Kier alpha value is -1.57. The molecule has 0 aliphatic rings. The maximum absolute atomic E-state index is 12.0. The lowest BCUT2D eigenvalue weighted by molar-refractivity contribution is -0.119. The molecule has 1 aromatic carbocycles. The van der Waals surface area contributed by atoms with Crippen LogP contribution in [0.1, 0.15) is 13.0 Å². The van der Waals surface area contributed by atoms with Crippen LogP contribution in [-0.4, -0.2) is 15.7 Å². The molecule has 1 aromatic heterocycles. The number of amides is 1. The molecule has 0 saturated heterocycles. The lowest BCUT2D eigenvalue weighted by Gasteiger charge is -2.12. The second-order valence-electron chi connectivity index (χ2n) is 3.93. The third kappa shape index (κ3) is 3.00. The van der Waals surface area contributed by atoms with Gasteiger partial charge in [-0.05, 0) is 53.8 Å². The van der Waals surface area contributed by atoms with E-state index in [2.05, 4.69) is 33.0 Å². The molecule has 0 radical (unpaired) electrons. The minimum atomic E-state index is -0.355. The monoisotopic (exact) mass is 356 g/mol. The lowest BCUT2D eigenvalue weighted by atomic mass is 10.2. The summed E-state index contributed by atoms with van der Waals surface area (Å²) in [7, 11) is 0. The Bertz CT molecular complexity index is 549. The van der Waals surface area contributed by atoms with E-state index in [-0.39, 0.29) is 11.9 Å². The molecule has 6 heteroatoms. The average molecular weight is 356 g/mol. The van der Waals surface area contributed by atoms with E-state index in [0.29, 0.717) is 5.69 Å². The fraction of sp³-hybridized carbons (Fsp3) is 0.167. The zero-order chi connectivity index (χ0) is 13.1. The Kier molecular flexibility index (Phi) is 3.85. The number of hydrogen-bond acceptors (Lipinski definition) is 3. The van der Waals surface area contributed by atoms with Crippen molar-refractivity contribution in [2.24, 2.45) is 0 Å². The van der Waals surface area contributed by atoms with Gasteiger partial charge >= 0.3 is 0 Å². The quantitative estimate of drug-likeness (QED) is 0.655. The summed E-state index contributed by atoms with van der Waals surface area (Å²) in [5, 5.41) is 6.94. The van der Waals surface area contributed by atoms with Gasteiger partial charge in [-0.2, -0.15) is 5.10 Å². The number of halogens is 1. The van der Waals surface area contributed by atoms with Gasteiger partial charge in [-0.25, -0.2) is 0 Å². The predicted molar refractivity (Wildman–Crippen MR) is 79.1 cm³/mol. The molecule has 0 aliphatic carbocycles. The van der Waals surface area contributed by atoms with E-state index in [9.17, 15) is 4.79 Å². The highest BCUT2D eigenvalue weighted by Crippen LogP contribution is 2.14. The fourth-order valence-electron chi connectivity index (χ4n) is 1.46. The molecule has 3 N–H and O–H groups in total. The van der Waals surface area contributed by atoms with E-state index >= 15 is 0 Å². The zero-order valence-electron chi connectivity index (χ0n) is 9.80. The van der Waals surface area contributed by atoms with Crippen molar-refractivity contribution in [2.45, 2.75) is 13.0 Å². The molecular formula is C12H13IN4O. The Morgan fingerprint density at radius 1 is 1.44 bits per heavy atom. The van der Waals surface area contributed by atoms with Crippen LogP contribution in [0.2, 0.25) is 0 Å². The third-order valence-corrected chi connectivity index (χ3v) is 3.08. The maximum Gasteiger partial charge on any atom is 0.248 e. The first-order valence-corrected chi connectivity index (χ1v) is 6.50.